The first-order valence-electron chi connectivity index (χ1n) is 10.6. The van der Waals surface area contributed by atoms with E-state index in [9.17, 15) is 9.59 Å². The third kappa shape index (κ3) is 3.58. The highest BCUT2D eigenvalue weighted by atomic mass is 35.5. The number of hydrogen-bond donors (Lipinski definition) is 1. The van der Waals surface area contributed by atoms with E-state index in [-0.39, 0.29) is 5.91 Å². The Kier molecular flexibility index (Phi) is 5.44. The van der Waals surface area contributed by atoms with Crippen LogP contribution < -0.4 is 4.90 Å². The lowest BCUT2D eigenvalue weighted by atomic mass is 9.95. The lowest BCUT2D eigenvalue weighted by Gasteiger charge is -2.27. The van der Waals surface area contributed by atoms with Crippen LogP contribution in [0.3, 0.4) is 0 Å². The Balaban J connectivity index is 1.65. The van der Waals surface area contributed by atoms with Gasteiger partial charge in [0.1, 0.15) is 5.69 Å². The van der Waals surface area contributed by atoms with Gasteiger partial charge in [0, 0.05) is 21.8 Å². The summed E-state index contributed by atoms with van der Waals surface area (Å²) in [6.07, 6.45) is 0. The number of H-pyrrole nitrogens is 1. The molecule has 1 N–H and O–H groups in total. The highest BCUT2D eigenvalue weighted by Gasteiger charge is 2.43. The van der Waals surface area contributed by atoms with Gasteiger partial charge in [-0.25, -0.2) is 4.79 Å². The van der Waals surface area contributed by atoms with Crippen LogP contribution in [-0.2, 0) is 4.74 Å². The van der Waals surface area contributed by atoms with E-state index in [2.05, 4.69) is 10.2 Å². The van der Waals surface area contributed by atoms with Crippen LogP contribution in [0.15, 0.2) is 78.9 Å². The summed E-state index contributed by atoms with van der Waals surface area (Å²) in [5.74, 6) is -0.617. The Morgan fingerprint density at radius 3 is 2.42 bits per heavy atom. The number of halogens is 1. The maximum atomic E-state index is 13.6. The molecule has 0 radical (unpaired) electrons. The number of esters is 1. The van der Waals surface area contributed by atoms with Gasteiger partial charge in [0.15, 0.2) is 0 Å². The zero-order valence-corrected chi connectivity index (χ0v) is 18.5. The molecular weight excluding hydrogens is 438 g/mol. The summed E-state index contributed by atoms with van der Waals surface area (Å²) >= 11 is 6.61. The van der Waals surface area contributed by atoms with Gasteiger partial charge in [-0.05, 0) is 42.8 Å². The molecular formula is C26H20ClN3O3. The second-order valence-corrected chi connectivity index (χ2v) is 8.00. The Hall–Kier alpha value is -3.90. The number of anilines is 1. The average Bonchev–Trinajstić information content (AvgIpc) is 3.39. The Morgan fingerprint density at radius 1 is 1.03 bits per heavy atom. The van der Waals surface area contributed by atoms with Crippen molar-refractivity contribution in [1.82, 2.24) is 10.2 Å². The largest absolute Gasteiger partial charge is 0.462 e. The second-order valence-electron chi connectivity index (χ2n) is 7.59. The standard InChI is InChI=1S/C26H20ClN3O3/c1-2-33-26(32)17-12-14-18(15-13-17)30-24(19-10-6-7-11-20(19)27)21-22(16-8-4-3-5-9-16)28-29-23(21)25(30)31/h3-15,24H,2H2,1H3,(H,28,29). The van der Waals surface area contributed by atoms with Crippen LogP contribution >= 0.6 is 11.6 Å². The Morgan fingerprint density at radius 2 is 1.73 bits per heavy atom. The van der Waals surface area contributed by atoms with Crippen molar-refractivity contribution in [3.05, 3.63) is 106 Å². The molecule has 0 spiro atoms. The van der Waals surface area contributed by atoms with E-state index in [1.54, 1.807) is 36.1 Å². The van der Waals surface area contributed by atoms with Crippen molar-refractivity contribution in [1.29, 1.82) is 0 Å². The summed E-state index contributed by atoms with van der Waals surface area (Å²) in [6, 6.07) is 23.5. The fraction of sp³-hybridized carbons (Fsp3) is 0.115. The van der Waals surface area contributed by atoms with Crippen LogP contribution in [0.5, 0.6) is 0 Å². The van der Waals surface area contributed by atoms with Gasteiger partial charge < -0.3 is 4.74 Å². The first-order chi connectivity index (χ1) is 16.1. The van der Waals surface area contributed by atoms with Crippen LogP contribution in [0.2, 0.25) is 5.02 Å². The fourth-order valence-corrected chi connectivity index (χ4v) is 4.43. The molecule has 1 atom stereocenters. The molecule has 6 nitrogen and oxygen atoms in total. The smallest absolute Gasteiger partial charge is 0.338 e. The molecule has 5 rings (SSSR count). The fourth-order valence-electron chi connectivity index (χ4n) is 4.19. The molecule has 1 unspecified atom stereocenters. The van der Waals surface area contributed by atoms with Crippen molar-refractivity contribution in [3.8, 4) is 11.3 Å². The number of nitrogens with zero attached hydrogens (tertiary/aromatic N) is 2. The average molecular weight is 458 g/mol. The molecule has 0 bridgehead atoms. The molecule has 1 aliphatic heterocycles. The molecule has 0 saturated carbocycles. The van der Waals surface area contributed by atoms with E-state index in [0.29, 0.717) is 34.3 Å². The minimum atomic E-state index is -0.483. The summed E-state index contributed by atoms with van der Waals surface area (Å²) < 4.78 is 5.07. The molecule has 164 valence electrons. The lowest BCUT2D eigenvalue weighted by Crippen LogP contribution is -2.29. The molecule has 1 aliphatic rings. The number of carbonyl (C=O) groups excluding carboxylic acids is 2. The van der Waals surface area contributed by atoms with Crippen molar-refractivity contribution in [3.63, 3.8) is 0 Å². The number of rotatable bonds is 5. The molecule has 4 aromatic rings. The molecule has 33 heavy (non-hydrogen) atoms. The molecule has 7 heteroatoms. The van der Waals surface area contributed by atoms with Gasteiger partial charge in [-0.1, -0.05) is 60.1 Å². The highest BCUT2D eigenvalue weighted by Crippen LogP contribution is 2.46. The maximum absolute atomic E-state index is 13.6. The van der Waals surface area contributed by atoms with E-state index in [1.165, 1.54) is 0 Å². The minimum absolute atomic E-state index is 0.214. The predicted octanol–water partition coefficient (Wildman–Crippen LogP) is 5.66. The van der Waals surface area contributed by atoms with Crippen molar-refractivity contribution in [2.45, 2.75) is 13.0 Å². The van der Waals surface area contributed by atoms with E-state index >= 15 is 0 Å². The number of hydrogen-bond acceptors (Lipinski definition) is 4. The summed E-state index contributed by atoms with van der Waals surface area (Å²) in [7, 11) is 0. The first kappa shape index (κ1) is 21.0. The van der Waals surface area contributed by atoms with Gasteiger partial charge >= 0.3 is 5.97 Å². The first-order valence-corrected chi connectivity index (χ1v) is 11.0. The van der Waals surface area contributed by atoms with E-state index in [1.807, 2.05) is 54.6 Å². The predicted molar refractivity (Wildman–Crippen MR) is 127 cm³/mol. The summed E-state index contributed by atoms with van der Waals surface area (Å²) in [6.45, 7) is 2.05. The Bertz CT molecular complexity index is 1330. The van der Waals surface area contributed by atoms with E-state index < -0.39 is 12.0 Å². The third-order valence-corrected chi connectivity index (χ3v) is 6.02. The number of nitrogens with one attached hydrogen (secondary N) is 1. The number of amides is 1. The van der Waals surface area contributed by atoms with Gasteiger partial charge in [-0.15, -0.1) is 0 Å². The normalized spacial score (nSPS) is 14.9. The molecule has 1 amide bonds. The molecule has 3 aromatic carbocycles. The summed E-state index contributed by atoms with van der Waals surface area (Å²) in [5.41, 5.74) is 4.66. The van der Waals surface area contributed by atoms with Crippen LogP contribution in [0.1, 0.15) is 44.9 Å². The van der Waals surface area contributed by atoms with Gasteiger partial charge in [0.05, 0.1) is 23.9 Å². The highest BCUT2D eigenvalue weighted by molar-refractivity contribution is 6.31. The van der Waals surface area contributed by atoms with Crippen molar-refractivity contribution in [2.75, 3.05) is 11.5 Å². The van der Waals surface area contributed by atoms with Gasteiger partial charge in [0.25, 0.3) is 5.91 Å². The molecule has 1 aromatic heterocycles. The SMILES string of the molecule is CCOC(=O)c1ccc(N2C(=O)c3[nH]nc(-c4ccccc4)c3C2c2ccccc2Cl)cc1. The van der Waals surface area contributed by atoms with E-state index in [0.717, 1.165) is 16.7 Å². The monoisotopic (exact) mass is 457 g/mol. The number of aromatic amines is 1. The molecule has 0 aliphatic carbocycles. The number of ether oxygens (including phenoxy) is 1. The molecule has 0 fully saturated rings. The second kappa shape index (κ2) is 8.56. The topological polar surface area (TPSA) is 75.3 Å². The molecule has 2 heterocycles. The quantitative estimate of drug-likeness (QED) is 0.392. The lowest BCUT2D eigenvalue weighted by molar-refractivity contribution is 0.0526. The minimum Gasteiger partial charge on any atom is -0.462 e. The zero-order chi connectivity index (χ0) is 22.9. The van der Waals surface area contributed by atoms with Crippen LogP contribution in [-0.4, -0.2) is 28.7 Å². The maximum Gasteiger partial charge on any atom is 0.338 e. The summed E-state index contributed by atoms with van der Waals surface area (Å²) in [5, 5.41) is 7.97. The molecule has 0 saturated heterocycles. The van der Waals surface area contributed by atoms with Crippen molar-refractivity contribution >= 4 is 29.2 Å². The van der Waals surface area contributed by atoms with Gasteiger partial charge in [-0.3, -0.25) is 14.8 Å². The number of benzene rings is 3. The van der Waals surface area contributed by atoms with Crippen LogP contribution in [0, 0.1) is 0 Å². The Labute approximate surface area is 195 Å². The van der Waals surface area contributed by atoms with Crippen LogP contribution in [0.4, 0.5) is 5.69 Å². The van der Waals surface area contributed by atoms with Crippen molar-refractivity contribution in [2.24, 2.45) is 0 Å². The number of fused-ring (bicyclic) bond motifs is 1. The van der Waals surface area contributed by atoms with Crippen LogP contribution in [0.25, 0.3) is 11.3 Å². The van der Waals surface area contributed by atoms with E-state index in [4.69, 9.17) is 16.3 Å². The third-order valence-electron chi connectivity index (χ3n) is 5.67. The zero-order valence-electron chi connectivity index (χ0n) is 17.8. The summed E-state index contributed by atoms with van der Waals surface area (Å²) in [4.78, 5) is 27.3. The van der Waals surface area contributed by atoms with Gasteiger partial charge in [0.2, 0.25) is 0 Å². The number of aromatic nitrogens is 2. The van der Waals surface area contributed by atoms with Gasteiger partial charge in [-0.2, -0.15) is 5.10 Å². The van der Waals surface area contributed by atoms with Crippen molar-refractivity contribution < 1.29 is 14.3 Å². The number of carbonyl (C=O) groups is 2.